The number of hydrogen-bond donors (Lipinski definition) is 0. The van der Waals surface area contributed by atoms with E-state index in [0.29, 0.717) is 0 Å². The fourth-order valence-corrected chi connectivity index (χ4v) is 5.98. The molecule has 0 N–H and O–H groups in total. The van der Waals surface area contributed by atoms with Gasteiger partial charge in [-0.25, -0.2) is 0 Å². The van der Waals surface area contributed by atoms with Crippen molar-refractivity contribution >= 4 is 52.9 Å². The van der Waals surface area contributed by atoms with E-state index in [2.05, 4.69) is 175 Å². The second-order valence-electron chi connectivity index (χ2n) is 8.92. The minimum Gasteiger partial charge on any atom is -0.0817 e. The maximum absolute atomic E-state index is 2.27. The van der Waals surface area contributed by atoms with Crippen LogP contribution in [0, 0.1) is 0 Å². The van der Waals surface area contributed by atoms with Crippen molar-refractivity contribution in [3.05, 3.63) is 121 Å². The molecule has 0 bridgehead atoms. The first-order valence-corrected chi connectivity index (χ1v) is 21.1. The van der Waals surface area contributed by atoms with E-state index in [-0.39, 0.29) is 52.1 Å². The third kappa shape index (κ3) is 17.5. The van der Waals surface area contributed by atoms with Crippen LogP contribution in [-0.4, -0.2) is 53.3 Å². The van der Waals surface area contributed by atoms with Gasteiger partial charge in [-0.2, -0.15) is 0 Å². The number of benzene rings is 4. The average Bonchev–Trinajstić information content (AvgIpc) is 2.92. The molecule has 4 rings (SSSR count). The predicted octanol–water partition coefficient (Wildman–Crippen LogP) is 8.21. The topological polar surface area (TPSA) is 0 Å². The van der Waals surface area contributed by atoms with E-state index in [9.17, 15) is 0 Å². The summed E-state index contributed by atoms with van der Waals surface area (Å²) in [4.78, 5) is 0. The van der Waals surface area contributed by atoms with Gasteiger partial charge in [0.1, 0.15) is 0 Å². The Hall–Kier alpha value is -0.738. The molecule has 0 heterocycles. The summed E-state index contributed by atoms with van der Waals surface area (Å²) >= 11 is 0. The molecule has 37 heavy (non-hydrogen) atoms. The first-order valence-electron chi connectivity index (χ1n) is 12.1. The molecule has 0 unspecified atom stereocenters. The van der Waals surface area contributed by atoms with Gasteiger partial charge in [-0.3, -0.25) is 0 Å². The standard InChI is InChI=1S/4C8H11P.Pd/c4*1-9(2)8-6-4-3-5-7-8;/h4*3-7H,1-2H3;. The predicted molar refractivity (Wildman–Crippen MR) is 179 cm³/mol. The molecule has 0 saturated carbocycles. The van der Waals surface area contributed by atoms with E-state index in [1.54, 1.807) is 0 Å². The van der Waals surface area contributed by atoms with E-state index in [0.717, 1.165) is 0 Å². The van der Waals surface area contributed by atoms with Gasteiger partial charge in [0.05, 0.1) is 0 Å². The van der Waals surface area contributed by atoms with Gasteiger partial charge in [0.2, 0.25) is 0 Å². The number of hydrogen-bond acceptors (Lipinski definition) is 0. The Labute approximate surface area is 246 Å². The molecule has 0 spiro atoms. The van der Waals surface area contributed by atoms with E-state index in [1.165, 1.54) is 21.2 Å². The average molecular weight is 659 g/mol. The van der Waals surface area contributed by atoms with Crippen molar-refractivity contribution in [1.29, 1.82) is 0 Å². The molecular weight excluding hydrogens is 615 g/mol. The van der Waals surface area contributed by atoms with Crippen LogP contribution in [0.3, 0.4) is 0 Å². The van der Waals surface area contributed by atoms with Crippen molar-refractivity contribution in [2.75, 3.05) is 53.3 Å². The molecule has 0 saturated heterocycles. The molecule has 0 amide bonds. The van der Waals surface area contributed by atoms with Crippen molar-refractivity contribution in [2.45, 2.75) is 0 Å². The van der Waals surface area contributed by atoms with Gasteiger partial charge in [0.25, 0.3) is 0 Å². The number of rotatable bonds is 4. The van der Waals surface area contributed by atoms with Crippen molar-refractivity contribution in [3.63, 3.8) is 0 Å². The normalized spacial score (nSPS) is 9.84. The SMILES string of the molecule is CP(C)c1ccccc1.CP(C)c1ccccc1.CP(C)c1ccccc1.CP(C)c1ccccc1.[Pd]. The van der Waals surface area contributed by atoms with Crippen molar-refractivity contribution in [1.82, 2.24) is 0 Å². The van der Waals surface area contributed by atoms with Gasteiger partial charge < -0.3 is 0 Å². The van der Waals surface area contributed by atoms with Gasteiger partial charge in [0, 0.05) is 20.4 Å². The monoisotopic (exact) mass is 658 g/mol. The van der Waals surface area contributed by atoms with Crippen molar-refractivity contribution in [3.8, 4) is 0 Å². The van der Waals surface area contributed by atoms with E-state index >= 15 is 0 Å². The van der Waals surface area contributed by atoms with Crippen LogP contribution in [0.4, 0.5) is 0 Å². The van der Waals surface area contributed by atoms with Crippen LogP contribution in [0.5, 0.6) is 0 Å². The minimum absolute atomic E-state index is 0. The third-order valence-electron chi connectivity index (χ3n) is 5.09. The van der Waals surface area contributed by atoms with Crippen LogP contribution in [-0.2, 0) is 20.4 Å². The summed E-state index contributed by atoms with van der Waals surface area (Å²) in [6.45, 7) is 18.1. The third-order valence-corrected chi connectivity index (χ3v) is 10.4. The van der Waals surface area contributed by atoms with Crippen LogP contribution in [0.15, 0.2) is 121 Å². The second kappa shape index (κ2) is 22.1. The zero-order chi connectivity index (χ0) is 26.8. The maximum atomic E-state index is 2.27. The molecule has 0 aliphatic rings. The quantitative estimate of drug-likeness (QED) is 0.153. The Morgan fingerprint density at radius 2 is 0.405 bits per heavy atom. The van der Waals surface area contributed by atoms with Gasteiger partial charge >= 0.3 is 0 Å². The molecule has 4 aromatic rings. The van der Waals surface area contributed by atoms with Gasteiger partial charge in [-0.05, 0) is 74.5 Å². The van der Waals surface area contributed by atoms with Crippen LogP contribution in [0.25, 0.3) is 0 Å². The van der Waals surface area contributed by atoms with Gasteiger partial charge in [0.15, 0.2) is 0 Å². The van der Waals surface area contributed by atoms with Crippen molar-refractivity contribution in [2.24, 2.45) is 0 Å². The molecule has 0 atom stereocenters. The molecule has 0 aliphatic heterocycles. The summed E-state index contributed by atoms with van der Waals surface area (Å²) in [7, 11) is 0.418. The van der Waals surface area contributed by atoms with Crippen LogP contribution in [0.2, 0.25) is 0 Å². The van der Waals surface area contributed by atoms with Gasteiger partial charge in [-0.15, -0.1) is 0 Å². The van der Waals surface area contributed by atoms with Crippen LogP contribution >= 0.6 is 31.7 Å². The molecule has 0 radical (unpaired) electrons. The fraction of sp³-hybridized carbons (Fsp3) is 0.250. The molecule has 0 aliphatic carbocycles. The fourth-order valence-electron chi connectivity index (χ4n) is 2.90. The molecule has 0 aromatic heterocycles. The summed E-state index contributed by atoms with van der Waals surface area (Å²) in [6, 6.07) is 42.5. The first kappa shape index (κ1) is 36.3. The zero-order valence-corrected chi connectivity index (χ0v) is 28.8. The minimum atomic E-state index is 0. The first-order chi connectivity index (χ1) is 17.2. The summed E-state index contributed by atoms with van der Waals surface area (Å²) < 4.78 is 0. The Balaban J connectivity index is 0.000000463. The molecule has 4 aromatic carbocycles. The Morgan fingerprint density at radius 1 is 0.270 bits per heavy atom. The molecule has 202 valence electrons. The Bertz CT molecular complexity index is 849. The second-order valence-corrected chi connectivity index (χ2v) is 18.1. The molecule has 0 nitrogen and oxygen atoms in total. The summed E-state index contributed by atoms with van der Waals surface area (Å²) in [5, 5.41) is 5.92. The van der Waals surface area contributed by atoms with Gasteiger partial charge in [-0.1, -0.05) is 153 Å². The maximum Gasteiger partial charge on any atom is 0 e. The summed E-state index contributed by atoms with van der Waals surface area (Å²) in [5.74, 6) is 0. The van der Waals surface area contributed by atoms with Crippen molar-refractivity contribution < 1.29 is 20.4 Å². The smallest absolute Gasteiger partial charge is 0 e. The Kier molecular flexibility index (Phi) is 21.7. The zero-order valence-electron chi connectivity index (χ0n) is 23.7. The summed E-state index contributed by atoms with van der Waals surface area (Å²) in [6.07, 6.45) is 0. The van der Waals surface area contributed by atoms with E-state index in [1.807, 2.05) is 0 Å². The Morgan fingerprint density at radius 3 is 0.486 bits per heavy atom. The van der Waals surface area contributed by atoms with E-state index < -0.39 is 0 Å². The van der Waals surface area contributed by atoms with Crippen LogP contribution in [0.1, 0.15) is 0 Å². The largest absolute Gasteiger partial charge is 0.0817 e. The molecule has 0 fully saturated rings. The van der Waals surface area contributed by atoms with E-state index in [4.69, 9.17) is 0 Å². The molecule has 5 heteroatoms. The van der Waals surface area contributed by atoms with Crippen LogP contribution < -0.4 is 21.2 Å². The molecular formula is C32H44P4Pd. The summed E-state index contributed by atoms with van der Waals surface area (Å²) in [5.41, 5.74) is 0.